The lowest BCUT2D eigenvalue weighted by Crippen LogP contribution is -2.48. The van der Waals surface area contributed by atoms with Crippen LogP contribution in [0.3, 0.4) is 0 Å². The zero-order valence-electron chi connectivity index (χ0n) is 16.9. The molecule has 2 aliphatic rings. The van der Waals surface area contributed by atoms with Gasteiger partial charge in [0.05, 0.1) is 5.41 Å². The largest absolute Gasteiger partial charge is 0.369 e. The summed E-state index contributed by atoms with van der Waals surface area (Å²) in [7, 11) is 0. The molecule has 1 saturated carbocycles. The van der Waals surface area contributed by atoms with Crippen molar-refractivity contribution in [2.24, 2.45) is 5.73 Å². The quantitative estimate of drug-likeness (QED) is 0.812. The Bertz CT molecular complexity index is 1000. The Balaban J connectivity index is 1.58. The number of nitrogens with zero attached hydrogens (tertiary/aromatic N) is 1. The number of fused-ring (bicyclic) bond motifs is 1. The summed E-state index contributed by atoms with van der Waals surface area (Å²) in [6.45, 7) is 4.55. The van der Waals surface area contributed by atoms with Crippen molar-refractivity contribution in [2.75, 3.05) is 0 Å². The van der Waals surface area contributed by atoms with Crippen molar-refractivity contribution in [1.29, 1.82) is 0 Å². The number of primary amides is 1. The molecule has 0 unspecified atom stereocenters. The molecule has 0 saturated heterocycles. The van der Waals surface area contributed by atoms with Crippen molar-refractivity contribution in [3.05, 3.63) is 69.8 Å². The number of aryl methyl sites for hydroxylation is 2. The van der Waals surface area contributed by atoms with E-state index in [0.29, 0.717) is 37.8 Å². The zero-order valence-corrected chi connectivity index (χ0v) is 16.9. The van der Waals surface area contributed by atoms with Gasteiger partial charge < -0.3 is 10.6 Å². The van der Waals surface area contributed by atoms with Gasteiger partial charge in [-0.25, -0.2) is 0 Å². The highest BCUT2D eigenvalue weighted by molar-refractivity contribution is 5.99. The molecule has 150 valence electrons. The summed E-state index contributed by atoms with van der Waals surface area (Å²) in [5.41, 5.74) is 10.4. The fourth-order valence-electron chi connectivity index (χ4n) is 4.95. The maximum atomic E-state index is 12.9. The summed E-state index contributed by atoms with van der Waals surface area (Å²) >= 11 is 0. The van der Waals surface area contributed by atoms with E-state index < -0.39 is 5.41 Å². The van der Waals surface area contributed by atoms with Gasteiger partial charge in [0.2, 0.25) is 5.91 Å². The lowest BCUT2D eigenvalue weighted by Gasteiger charge is -2.41. The molecule has 0 aromatic heterocycles. The molecule has 5 nitrogen and oxygen atoms in total. The predicted molar refractivity (Wildman–Crippen MR) is 111 cm³/mol. The molecule has 2 N–H and O–H groups in total. The molecular weight excluding hydrogens is 364 g/mol. The fraction of sp³-hybridized carbons (Fsp3) is 0.375. The van der Waals surface area contributed by atoms with Crippen molar-refractivity contribution in [1.82, 2.24) is 4.90 Å². The first kappa shape index (κ1) is 19.4. The van der Waals surface area contributed by atoms with Gasteiger partial charge >= 0.3 is 0 Å². The highest BCUT2D eigenvalue weighted by atomic mass is 16.2. The highest BCUT2D eigenvalue weighted by Gasteiger charge is 2.45. The summed E-state index contributed by atoms with van der Waals surface area (Å²) in [5.74, 6) is -0.276. The second kappa shape index (κ2) is 7.14. The summed E-state index contributed by atoms with van der Waals surface area (Å²) in [4.78, 5) is 38.8. The topological polar surface area (TPSA) is 80.5 Å². The van der Waals surface area contributed by atoms with Crippen LogP contribution < -0.4 is 5.73 Å². The number of aldehydes is 1. The molecule has 1 aliphatic heterocycles. The summed E-state index contributed by atoms with van der Waals surface area (Å²) < 4.78 is 0. The van der Waals surface area contributed by atoms with Gasteiger partial charge in [-0.2, -0.15) is 0 Å². The molecule has 2 amide bonds. The van der Waals surface area contributed by atoms with E-state index in [4.69, 9.17) is 5.73 Å². The van der Waals surface area contributed by atoms with Gasteiger partial charge in [-0.15, -0.1) is 0 Å². The molecule has 0 radical (unpaired) electrons. The van der Waals surface area contributed by atoms with Crippen LogP contribution in [0.1, 0.15) is 68.7 Å². The Labute approximate surface area is 170 Å². The van der Waals surface area contributed by atoms with Crippen molar-refractivity contribution in [3.63, 3.8) is 0 Å². The molecule has 2 aromatic rings. The first-order chi connectivity index (χ1) is 13.9. The normalized spacial score (nSPS) is 23.7. The Morgan fingerprint density at radius 1 is 1.14 bits per heavy atom. The van der Waals surface area contributed by atoms with Crippen LogP contribution in [0, 0.1) is 13.8 Å². The number of rotatable bonds is 4. The minimum Gasteiger partial charge on any atom is -0.369 e. The SMILES string of the molecule is Cc1ccc(C2(C(N)=O)CCC(N3Cc4c(C)cccc4C3=O)CC2)cc1C=O. The second-order valence-electron chi connectivity index (χ2n) is 8.40. The minimum absolute atomic E-state index is 0.0823. The van der Waals surface area contributed by atoms with Gasteiger partial charge in [0.1, 0.15) is 6.29 Å². The molecule has 0 spiro atoms. The first-order valence-electron chi connectivity index (χ1n) is 10.1. The Morgan fingerprint density at radius 3 is 2.48 bits per heavy atom. The molecule has 1 aliphatic carbocycles. The number of carbonyl (C=O) groups is 3. The summed E-state index contributed by atoms with van der Waals surface area (Å²) in [5, 5.41) is 0. The number of hydrogen-bond donors (Lipinski definition) is 1. The standard InChI is InChI=1S/C24H26N2O3/c1-15-6-7-18(12-17(15)14-27)24(23(25)29)10-8-19(9-11-24)26-13-21-16(2)4-3-5-20(21)22(26)28/h3-7,12,14,19H,8-11,13H2,1-2H3,(H2,25,29). The van der Waals surface area contributed by atoms with Crippen LogP contribution in [0.15, 0.2) is 36.4 Å². The lowest BCUT2D eigenvalue weighted by atomic mass is 9.67. The van der Waals surface area contributed by atoms with Crippen molar-refractivity contribution in [2.45, 2.75) is 57.5 Å². The minimum atomic E-state index is -0.784. The number of nitrogens with two attached hydrogens (primary N) is 1. The van der Waals surface area contributed by atoms with Crippen LogP contribution in [0.4, 0.5) is 0 Å². The molecule has 2 aromatic carbocycles. The monoisotopic (exact) mass is 390 g/mol. The van der Waals surface area contributed by atoms with Crippen molar-refractivity contribution < 1.29 is 14.4 Å². The number of benzene rings is 2. The van der Waals surface area contributed by atoms with Crippen molar-refractivity contribution in [3.8, 4) is 0 Å². The average molecular weight is 390 g/mol. The third-order valence-electron chi connectivity index (χ3n) is 6.91. The molecule has 0 bridgehead atoms. The molecule has 0 atom stereocenters. The lowest BCUT2D eigenvalue weighted by molar-refractivity contribution is -0.125. The second-order valence-corrected chi connectivity index (χ2v) is 8.40. The van der Waals surface area contributed by atoms with E-state index in [1.807, 2.05) is 49.1 Å². The smallest absolute Gasteiger partial charge is 0.254 e. The van der Waals surface area contributed by atoms with E-state index in [9.17, 15) is 14.4 Å². The Hall–Kier alpha value is -2.95. The summed E-state index contributed by atoms with van der Waals surface area (Å²) in [6.07, 6.45) is 3.40. The number of carbonyl (C=O) groups excluding carboxylic acids is 3. The number of hydrogen-bond acceptors (Lipinski definition) is 3. The molecule has 5 heteroatoms. The van der Waals surface area contributed by atoms with E-state index in [1.54, 1.807) is 6.07 Å². The van der Waals surface area contributed by atoms with Gasteiger partial charge in [-0.05, 0) is 73.9 Å². The van der Waals surface area contributed by atoms with Crippen molar-refractivity contribution >= 4 is 18.1 Å². The van der Waals surface area contributed by atoms with E-state index >= 15 is 0 Å². The van der Waals surface area contributed by atoms with Crippen LogP contribution in [-0.4, -0.2) is 29.0 Å². The average Bonchev–Trinajstić information content (AvgIpc) is 3.06. The Morgan fingerprint density at radius 2 is 1.86 bits per heavy atom. The fourth-order valence-corrected chi connectivity index (χ4v) is 4.95. The third kappa shape index (κ3) is 3.05. The van der Waals surface area contributed by atoms with E-state index in [0.717, 1.165) is 34.1 Å². The maximum Gasteiger partial charge on any atom is 0.254 e. The Kier molecular flexibility index (Phi) is 4.77. The van der Waals surface area contributed by atoms with Crippen LogP contribution in [0.5, 0.6) is 0 Å². The summed E-state index contributed by atoms with van der Waals surface area (Å²) in [6, 6.07) is 11.5. The molecular formula is C24H26N2O3. The van der Waals surface area contributed by atoms with Crippen LogP contribution in [0.25, 0.3) is 0 Å². The van der Waals surface area contributed by atoms with Gasteiger partial charge in [-0.1, -0.05) is 24.3 Å². The molecule has 1 fully saturated rings. The van der Waals surface area contributed by atoms with Gasteiger partial charge in [-0.3, -0.25) is 14.4 Å². The first-order valence-corrected chi connectivity index (χ1v) is 10.1. The van der Waals surface area contributed by atoms with E-state index in [-0.39, 0.29) is 17.9 Å². The molecule has 4 rings (SSSR count). The highest BCUT2D eigenvalue weighted by Crippen LogP contribution is 2.42. The van der Waals surface area contributed by atoms with Gasteiger partial charge in [0.15, 0.2) is 0 Å². The predicted octanol–water partition coefficient (Wildman–Crippen LogP) is 3.44. The number of amides is 2. The van der Waals surface area contributed by atoms with E-state index in [2.05, 4.69) is 0 Å². The molecule has 29 heavy (non-hydrogen) atoms. The maximum absolute atomic E-state index is 12.9. The zero-order chi connectivity index (χ0) is 20.8. The van der Waals surface area contributed by atoms with Crippen LogP contribution >= 0.6 is 0 Å². The third-order valence-corrected chi connectivity index (χ3v) is 6.91. The van der Waals surface area contributed by atoms with E-state index in [1.165, 1.54) is 0 Å². The van der Waals surface area contributed by atoms with Crippen LogP contribution in [0.2, 0.25) is 0 Å². The molecule has 1 heterocycles. The van der Waals surface area contributed by atoms with Gasteiger partial charge in [0.25, 0.3) is 5.91 Å². The van der Waals surface area contributed by atoms with Gasteiger partial charge in [0, 0.05) is 23.7 Å². The van der Waals surface area contributed by atoms with Crippen LogP contribution in [-0.2, 0) is 16.8 Å².